The van der Waals surface area contributed by atoms with E-state index in [1.807, 2.05) is 0 Å². The van der Waals surface area contributed by atoms with Gasteiger partial charge in [0.05, 0.1) is 13.2 Å². The van der Waals surface area contributed by atoms with E-state index in [2.05, 4.69) is 110 Å². The summed E-state index contributed by atoms with van der Waals surface area (Å²) in [7, 11) is 0. The van der Waals surface area contributed by atoms with E-state index in [0.717, 1.165) is 26.1 Å². The topological polar surface area (TPSA) is 9.23 Å². The van der Waals surface area contributed by atoms with Gasteiger partial charge in [0.15, 0.2) is 0 Å². The minimum Gasteiger partial charge on any atom is -0.380 e. The molecule has 0 bridgehead atoms. The summed E-state index contributed by atoms with van der Waals surface area (Å²) in [5, 5.41) is 0. The second-order valence-electron chi connectivity index (χ2n) is 8.25. The molecule has 2 unspecified atom stereocenters. The number of ether oxygens (including phenoxy) is 1. The molecule has 0 fully saturated rings. The number of hydrogen-bond donors (Lipinski definition) is 0. The van der Waals surface area contributed by atoms with Crippen LogP contribution < -0.4 is 0 Å². The highest BCUT2D eigenvalue weighted by Gasteiger charge is 2.29. The fraction of sp³-hybridized carbons (Fsp3) is 0.500. The van der Waals surface area contributed by atoms with E-state index in [1.165, 1.54) is 31.2 Å². The zero-order chi connectivity index (χ0) is 20.2. The molecule has 0 aliphatic rings. The van der Waals surface area contributed by atoms with Crippen LogP contribution in [0.15, 0.2) is 45.3 Å². The Balaban J connectivity index is 2.14. The zero-order valence-corrected chi connectivity index (χ0v) is 20.6. The van der Waals surface area contributed by atoms with Crippen LogP contribution in [-0.4, -0.2) is 13.2 Å². The van der Waals surface area contributed by atoms with Crippen LogP contribution in [0.3, 0.4) is 0 Å². The Morgan fingerprint density at radius 3 is 1.41 bits per heavy atom. The standard InChI is InChI=1S/C24H32Br2O/c1-7-23(5,19-11-9-17(3)21(25)13-19)15-27-16-24(6,8-2)20-12-10-18(4)22(26)14-20/h9-14H,7-8,15-16H2,1-6H3. The van der Waals surface area contributed by atoms with E-state index in [4.69, 9.17) is 4.74 Å². The maximum atomic E-state index is 6.36. The van der Waals surface area contributed by atoms with Crippen molar-refractivity contribution < 1.29 is 4.74 Å². The summed E-state index contributed by atoms with van der Waals surface area (Å²) >= 11 is 7.35. The first-order valence-electron chi connectivity index (χ1n) is 9.76. The van der Waals surface area contributed by atoms with Crippen LogP contribution in [0.1, 0.15) is 62.8 Å². The van der Waals surface area contributed by atoms with Gasteiger partial charge in [-0.15, -0.1) is 0 Å². The zero-order valence-electron chi connectivity index (χ0n) is 17.5. The first kappa shape index (κ1) is 22.6. The van der Waals surface area contributed by atoms with Crippen LogP contribution in [0.5, 0.6) is 0 Å². The molecule has 0 aliphatic carbocycles. The molecular weight excluding hydrogens is 464 g/mol. The molecule has 1 nitrogen and oxygen atoms in total. The average Bonchev–Trinajstić information content (AvgIpc) is 2.65. The third-order valence-corrected chi connectivity index (χ3v) is 7.85. The number of aryl methyl sites for hydroxylation is 2. The molecule has 0 saturated heterocycles. The van der Waals surface area contributed by atoms with E-state index >= 15 is 0 Å². The Morgan fingerprint density at radius 1 is 0.741 bits per heavy atom. The normalized spacial score (nSPS) is 16.0. The van der Waals surface area contributed by atoms with Crippen LogP contribution in [0.2, 0.25) is 0 Å². The molecule has 0 aromatic heterocycles. The van der Waals surface area contributed by atoms with Crippen molar-refractivity contribution in [3.8, 4) is 0 Å². The predicted molar refractivity (Wildman–Crippen MR) is 124 cm³/mol. The third kappa shape index (κ3) is 5.25. The lowest BCUT2D eigenvalue weighted by Crippen LogP contribution is -2.33. The second kappa shape index (κ2) is 9.24. The van der Waals surface area contributed by atoms with E-state index < -0.39 is 0 Å². The quantitative estimate of drug-likeness (QED) is 0.361. The molecule has 0 heterocycles. The molecule has 2 rings (SSSR count). The van der Waals surface area contributed by atoms with Crippen LogP contribution in [0.25, 0.3) is 0 Å². The number of hydrogen-bond acceptors (Lipinski definition) is 1. The van der Waals surface area contributed by atoms with Gasteiger partial charge in [-0.2, -0.15) is 0 Å². The van der Waals surface area contributed by atoms with Crippen molar-refractivity contribution in [2.45, 2.75) is 65.2 Å². The van der Waals surface area contributed by atoms with Gasteiger partial charge in [0.1, 0.15) is 0 Å². The minimum absolute atomic E-state index is 0.0126. The lowest BCUT2D eigenvalue weighted by Gasteiger charge is -2.33. The fourth-order valence-corrected chi connectivity index (χ4v) is 3.97. The number of halogens is 2. The van der Waals surface area contributed by atoms with Gasteiger partial charge in [-0.25, -0.2) is 0 Å². The Hall–Kier alpha value is -0.640. The van der Waals surface area contributed by atoms with Gasteiger partial charge in [-0.1, -0.05) is 83.8 Å². The molecule has 0 radical (unpaired) electrons. The first-order valence-corrected chi connectivity index (χ1v) is 11.3. The monoisotopic (exact) mass is 494 g/mol. The minimum atomic E-state index is 0.0126. The smallest absolute Gasteiger partial charge is 0.0560 e. The van der Waals surface area contributed by atoms with Crippen molar-refractivity contribution in [2.24, 2.45) is 0 Å². The molecule has 0 aliphatic heterocycles. The molecule has 0 saturated carbocycles. The molecule has 0 N–H and O–H groups in total. The molecule has 2 aromatic carbocycles. The highest BCUT2D eigenvalue weighted by atomic mass is 79.9. The SMILES string of the molecule is CCC(C)(COCC(C)(CC)c1ccc(C)c(Br)c1)c1ccc(C)c(Br)c1. The Morgan fingerprint density at radius 2 is 1.11 bits per heavy atom. The van der Waals surface area contributed by atoms with Crippen LogP contribution in [0.4, 0.5) is 0 Å². The fourth-order valence-electron chi connectivity index (χ4n) is 3.22. The van der Waals surface area contributed by atoms with Crippen LogP contribution >= 0.6 is 31.9 Å². The average molecular weight is 496 g/mol. The molecule has 148 valence electrons. The van der Waals surface area contributed by atoms with Gasteiger partial charge in [-0.05, 0) is 61.1 Å². The summed E-state index contributed by atoms with van der Waals surface area (Å²) in [6.45, 7) is 14.8. The molecule has 2 atom stereocenters. The van der Waals surface area contributed by atoms with Crippen LogP contribution in [0, 0.1) is 13.8 Å². The summed E-state index contributed by atoms with van der Waals surface area (Å²) in [5.41, 5.74) is 5.22. The second-order valence-corrected chi connectivity index (χ2v) is 9.96. The summed E-state index contributed by atoms with van der Waals surface area (Å²) in [6.07, 6.45) is 2.09. The van der Waals surface area contributed by atoms with Crippen molar-refractivity contribution in [1.29, 1.82) is 0 Å². The lowest BCUT2D eigenvalue weighted by molar-refractivity contribution is 0.0510. The van der Waals surface area contributed by atoms with Gasteiger partial charge in [0.25, 0.3) is 0 Å². The first-order chi connectivity index (χ1) is 12.6. The molecule has 2 aromatic rings. The largest absolute Gasteiger partial charge is 0.380 e. The van der Waals surface area contributed by atoms with Crippen molar-refractivity contribution >= 4 is 31.9 Å². The molecule has 3 heteroatoms. The van der Waals surface area contributed by atoms with Gasteiger partial charge >= 0.3 is 0 Å². The van der Waals surface area contributed by atoms with Gasteiger partial charge < -0.3 is 4.74 Å². The number of benzene rings is 2. The molecule has 27 heavy (non-hydrogen) atoms. The van der Waals surface area contributed by atoms with Crippen molar-refractivity contribution in [3.05, 3.63) is 67.6 Å². The van der Waals surface area contributed by atoms with Crippen molar-refractivity contribution in [1.82, 2.24) is 0 Å². The third-order valence-electron chi connectivity index (χ3n) is 6.14. The Kier molecular flexibility index (Phi) is 7.75. The van der Waals surface area contributed by atoms with E-state index in [1.54, 1.807) is 0 Å². The van der Waals surface area contributed by atoms with Gasteiger partial charge in [0, 0.05) is 19.8 Å². The van der Waals surface area contributed by atoms with Crippen LogP contribution in [-0.2, 0) is 15.6 Å². The molecule has 0 spiro atoms. The summed E-state index contributed by atoms with van der Waals surface area (Å²) in [4.78, 5) is 0. The predicted octanol–water partition coefficient (Wildman–Crippen LogP) is 7.88. The lowest BCUT2D eigenvalue weighted by atomic mass is 9.79. The number of rotatable bonds is 8. The van der Waals surface area contributed by atoms with Gasteiger partial charge in [0.2, 0.25) is 0 Å². The highest BCUT2D eigenvalue weighted by Crippen LogP contribution is 2.34. The summed E-state index contributed by atoms with van der Waals surface area (Å²) in [6, 6.07) is 13.4. The maximum Gasteiger partial charge on any atom is 0.0560 e. The van der Waals surface area contributed by atoms with Gasteiger partial charge in [-0.3, -0.25) is 0 Å². The summed E-state index contributed by atoms with van der Waals surface area (Å²) < 4.78 is 8.70. The highest BCUT2D eigenvalue weighted by molar-refractivity contribution is 9.10. The molecular formula is C24H32Br2O. The molecule has 0 amide bonds. The van der Waals surface area contributed by atoms with E-state index in [-0.39, 0.29) is 10.8 Å². The Bertz CT molecular complexity index is 720. The summed E-state index contributed by atoms with van der Waals surface area (Å²) in [5.74, 6) is 0. The van der Waals surface area contributed by atoms with Crippen molar-refractivity contribution in [3.63, 3.8) is 0 Å². The Labute approximate surface area is 182 Å². The van der Waals surface area contributed by atoms with Crippen molar-refractivity contribution in [2.75, 3.05) is 13.2 Å². The van der Waals surface area contributed by atoms with E-state index in [9.17, 15) is 0 Å². The van der Waals surface area contributed by atoms with E-state index in [0.29, 0.717) is 0 Å². The maximum absolute atomic E-state index is 6.36.